The Morgan fingerprint density at radius 2 is 2.33 bits per heavy atom. The maximum atomic E-state index is 4.22. The second-order valence-corrected chi connectivity index (χ2v) is 3.10. The van der Waals surface area contributed by atoms with E-state index in [0.29, 0.717) is 0 Å². The van der Waals surface area contributed by atoms with E-state index in [-0.39, 0.29) is 0 Å². The molecule has 0 aromatic carbocycles. The van der Waals surface area contributed by atoms with Crippen LogP contribution in [0.5, 0.6) is 0 Å². The highest BCUT2D eigenvalue weighted by Gasteiger charge is 2.07. The van der Waals surface area contributed by atoms with Crippen molar-refractivity contribution in [3.8, 4) is 0 Å². The molecule has 2 aromatic rings. The van der Waals surface area contributed by atoms with Gasteiger partial charge in [-0.2, -0.15) is 0 Å². The molecule has 76 valence electrons. The highest BCUT2D eigenvalue weighted by Crippen LogP contribution is 2.15. The van der Waals surface area contributed by atoms with Gasteiger partial charge in [-0.3, -0.25) is 9.98 Å². The van der Waals surface area contributed by atoms with E-state index in [9.17, 15) is 0 Å². The van der Waals surface area contributed by atoms with Gasteiger partial charge in [-0.05, 0) is 12.1 Å². The Bertz CT molecular complexity index is 522. The molecule has 0 saturated heterocycles. The summed E-state index contributed by atoms with van der Waals surface area (Å²) >= 11 is 0. The monoisotopic (exact) mass is 200 g/mol. The van der Waals surface area contributed by atoms with Gasteiger partial charge in [-0.1, -0.05) is 0 Å². The van der Waals surface area contributed by atoms with E-state index < -0.39 is 0 Å². The van der Waals surface area contributed by atoms with Gasteiger partial charge in [0.2, 0.25) is 0 Å². The maximum Gasteiger partial charge on any atom is 0.137 e. The number of aromatic nitrogens is 2. The molecule has 2 heterocycles. The first-order valence-electron chi connectivity index (χ1n) is 4.68. The summed E-state index contributed by atoms with van der Waals surface area (Å²) in [7, 11) is 3.49. The van der Waals surface area contributed by atoms with Gasteiger partial charge in [0.15, 0.2) is 0 Å². The number of nitrogens with one attached hydrogen (secondary N) is 1. The zero-order valence-corrected chi connectivity index (χ0v) is 8.73. The highest BCUT2D eigenvalue weighted by molar-refractivity contribution is 6.40. The Kier molecular flexibility index (Phi) is 2.58. The van der Waals surface area contributed by atoms with Gasteiger partial charge in [0.05, 0.1) is 5.71 Å². The third-order valence-electron chi connectivity index (χ3n) is 2.22. The van der Waals surface area contributed by atoms with Crippen LogP contribution in [0.15, 0.2) is 34.5 Å². The van der Waals surface area contributed by atoms with Gasteiger partial charge in [0, 0.05) is 43.7 Å². The lowest BCUT2D eigenvalue weighted by molar-refractivity contribution is 1.32. The fourth-order valence-corrected chi connectivity index (χ4v) is 1.54. The quantitative estimate of drug-likeness (QED) is 0.737. The molecule has 0 bridgehead atoms. The van der Waals surface area contributed by atoms with E-state index in [1.807, 2.05) is 18.3 Å². The number of fused-ring (bicyclic) bond motifs is 1. The number of rotatable bonds is 2. The van der Waals surface area contributed by atoms with Gasteiger partial charge in [0.25, 0.3) is 0 Å². The summed E-state index contributed by atoms with van der Waals surface area (Å²) in [6.07, 6.45) is 5.41. The summed E-state index contributed by atoms with van der Waals surface area (Å²) in [5.74, 6) is 0. The van der Waals surface area contributed by atoms with Crippen LogP contribution < -0.4 is 0 Å². The van der Waals surface area contributed by atoms with Crippen LogP contribution in [-0.4, -0.2) is 36.0 Å². The molecule has 0 fully saturated rings. The minimum atomic E-state index is 0.858. The molecule has 0 aliphatic carbocycles. The Hall–Kier alpha value is -1.97. The minimum absolute atomic E-state index is 0.858. The van der Waals surface area contributed by atoms with E-state index in [4.69, 9.17) is 0 Å². The molecule has 0 saturated carbocycles. The van der Waals surface area contributed by atoms with E-state index in [1.165, 1.54) is 0 Å². The maximum absolute atomic E-state index is 4.22. The lowest BCUT2D eigenvalue weighted by atomic mass is 10.1. The fourth-order valence-electron chi connectivity index (χ4n) is 1.54. The second-order valence-electron chi connectivity index (χ2n) is 3.10. The SMILES string of the molecule is CN=CC(=NC)c1c[nH]c2ncccc12. The van der Waals surface area contributed by atoms with Gasteiger partial charge in [-0.25, -0.2) is 4.98 Å². The molecule has 2 rings (SSSR count). The standard InChI is InChI=1S/C11H12N4/c1-12-7-10(13-2)9-6-15-11-8(9)4-3-5-14-11/h3-7H,1-2H3,(H,14,15). The molecule has 0 spiro atoms. The lowest BCUT2D eigenvalue weighted by Crippen LogP contribution is -2.01. The molecule has 1 N–H and O–H groups in total. The van der Waals surface area contributed by atoms with Gasteiger partial charge < -0.3 is 4.98 Å². The van der Waals surface area contributed by atoms with Crippen molar-refractivity contribution in [1.29, 1.82) is 0 Å². The Balaban J connectivity index is 2.61. The molecule has 0 amide bonds. The Labute approximate surface area is 87.8 Å². The molecule has 0 unspecified atom stereocenters. The van der Waals surface area contributed by atoms with Crippen molar-refractivity contribution >= 4 is 23.0 Å². The van der Waals surface area contributed by atoms with Crippen LogP contribution >= 0.6 is 0 Å². The molecule has 4 nitrogen and oxygen atoms in total. The van der Waals surface area contributed by atoms with Gasteiger partial charge in [0.1, 0.15) is 5.65 Å². The molecule has 0 aliphatic rings. The Morgan fingerprint density at radius 3 is 3.07 bits per heavy atom. The molecule has 0 aliphatic heterocycles. The first kappa shape index (κ1) is 9.58. The van der Waals surface area contributed by atoms with Crippen LogP contribution in [0.25, 0.3) is 11.0 Å². The predicted octanol–water partition coefficient (Wildman–Crippen LogP) is 1.68. The molecule has 0 radical (unpaired) electrons. The molecule has 15 heavy (non-hydrogen) atoms. The molecular weight excluding hydrogens is 188 g/mol. The third kappa shape index (κ3) is 1.66. The van der Waals surface area contributed by atoms with Gasteiger partial charge >= 0.3 is 0 Å². The normalized spacial score (nSPS) is 12.8. The fraction of sp³-hybridized carbons (Fsp3) is 0.182. The van der Waals surface area contributed by atoms with E-state index >= 15 is 0 Å². The number of hydrogen-bond acceptors (Lipinski definition) is 3. The average Bonchev–Trinajstić information content (AvgIpc) is 2.70. The van der Waals surface area contributed by atoms with Crippen molar-refractivity contribution in [2.75, 3.05) is 14.1 Å². The van der Waals surface area contributed by atoms with Crippen LogP contribution in [0.3, 0.4) is 0 Å². The molecular formula is C11H12N4. The van der Waals surface area contributed by atoms with Crippen LogP contribution in [0.4, 0.5) is 0 Å². The van der Waals surface area contributed by atoms with Crippen LogP contribution in [-0.2, 0) is 0 Å². The Morgan fingerprint density at radius 1 is 1.47 bits per heavy atom. The van der Waals surface area contributed by atoms with Crippen molar-refractivity contribution in [2.24, 2.45) is 9.98 Å². The largest absolute Gasteiger partial charge is 0.345 e. The number of aliphatic imine (C=N–C) groups is 2. The minimum Gasteiger partial charge on any atom is -0.345 e. The van der Waals surface area contributed by atoms with Gasteiger partial charge in [-0.15, -0.1) is 0 Å². The zero-order chi connectivity index (χ0) is 10.7. The number of hydrogen-bond donors (Lipinski definition) is 1. The van der Waals surface area contributed by atoms with Crippen molar-refractivity contribution in [1.82, 2.24) is 9.97 Å². The van der Waals surface area contributed by atoms with E-state index in [1.54, 1.807) is 26.5 Å². The van der Waals surface area contributed by atoms with Crippen molar-refractivity contribution < 1.29 is 0 Å². The van der Waals surface area contributed by atoms with Crippen molar-refractivity contribution in [3.05, 3.63) is 30.1 Å². The van der Waals surface area contributed by atoms with E-state index in [2.05, 4.69) is 20.0 Å². The predicted molar refractivity (Wildman–Crippen MR) is 63.0 cm³/mol. The number of aromatic amines is 1. The van der Waals surface area contributed by atoms with Crippen LogP contribution in [0, 0.1) is 0 Å². The van der Waals surface area contributed by atoms with Crippen molar-refractivity contribution in [2.45, 2.75) is 0 Å². The zero-order valence-electron chi connectivity index (χ0n) is 8.73. The van der Waals surface area contributed by atoms with Crippen LogP contribution in [0.1, 0.15) is 5.56 Å². The summed E-state index contributed by atoms with van der Waals surface area (Å²) < 4.78 is 0. The first-order valence-corrected chi connectivity index (χ1v) is 4.68. The molecule has 4 heteroatoms. The first-order chi connectivity index (χ1) is 7.36. The topological polar surface area (TPSA) is 53.4 Å². The summed E-state index contributed by atoms with van der Waals surface area (Å²) in [5.41, 5.74) is 2.76. The average molecular weight is 200 g/mol. The third-order valence-corrected chi connectivity index (χ3v) is 2.22. The van der Waals surface area contributed by atoms with Crippen molar-refractivity contribution in [3.63, 3.8) is 0 Å². The molecule has 0 atom stereocenters. The summed E-state index contributed by atoms with van der Waals surface area (Å²) in [6.45, 7) is 0. The smallest absolute Gasteiger partial charge is 0.137 e. The van der Waals surface area contributed by atoms with Crippen LogP contribution in [0.2, 0.25) is 0 Å². The number of nitrogens with zero attached hydrogens (tertiary/aromatic N) is 3. The van der Waals surface area contributed by atoms with E-state index in [0.717, 1.165) is 22.3 Å². The lowest BCUT2D eigenvalue weighted by Gasteiger charge is -1.96. The molecule has 2 aromatic heterocycles. The summed E-state index contributed by atoms with van der Waals surface area (Å²) in [5, 5.41) is 1.07. The number of H-pyrrole nitrogens is 1. The second kappa shape index (κ2) is 4.04. The summed E-state index contributed by atoms with van der Waals surface area (Å²) in [4.78, 5) is 15.5. The highest BCUT2D eigenvalue weighted by atomic mass is 14.8. The number of pyridine rings is 1. The summed E-state index contributed by atoms with van der Waals surface area (Å²) in [6, 6.07) is 3.93.